The van der Waals surface area contributed by atoms with E-state index in [-0.39, 0.29) is 18.3 Å². The highest BCUT2D eigenvalue weighted by Crippen LogP contribution is 2.51. The van der Waals surface area contributed by atoms with Gasteiger partial charge in [0.2, 0.25) is 5.82 Å². The first-order valence-corrected chi connectivity index (χ1v) is 16.0. The molecule has 0 saturated carbocycles. The van der Waals surface area contributed by atoms with Crippen molar-refractivity contribution in [2.45, 2.75) is 76.8 Å². The van der Waals surface area contributed by atoms with E-state index in [0.29, 0.717) is 34.4 Å². The summed E-state index contributed by atoms with van der Waals surface area (Å²) >= 11 is 0. The molecule has 12 nitrogen and oxygen atoms in total. The Labute approximate surface area is 260 Å². The van der Waals surface area contributed by atoms with Crippen molar-refractivity contribution in [2.24, 2.45) is 5.92 Å². The van der Waals surface area contributed by atoms with Crippen LogP contribution >= 0.6 is 7.75 Å². The molecule has 1 aromatic heterocycles. The standard InChI is InChI=1S/C29H34F4N3O9P/c1-4-17(5-2)15-42-27(39)16(3)35-46(41,44-22-12-8-10-18-9-6-7-11-19(18)22)45-25(29(31,32)33)24-21(37)13-23(43-24)36-14-20(30)26(38)34-28(36)40/h6-12,14,16-17,21,23-25,37H,4-5,13,15H2,1-3H3,(H,35,41)(H,34,38,40)/t16-,21-,23+,24-,25-,46+/m0/s1. The molecule has 17 heteroatoms. The van der Waals surface area contributed by atoms with E-state index in [1.54, 1.807) is 35.3 Å². The third-order valence-corrected chi connectivity index (χ3v) is 9.18. The number of H-pyrrole nitrogens is 1. The zero-order valence-corrected chi connectivity index (χ0v) is 25.9. The van der Waals surface area contributed by atoms with Crippen molar-refractivity contribution in [1.82, 2.24) is 14.6 Å². The van der Waals surface area contributed by atoms with Crippen LogP contribution in [0.2, 0.25) is 0 Å². The van der Waals surface area contributed by atoms with Crippen LogP contribution in [0, 0.1) is 11.7 Å². The molecule has 1 aliphatic heterocycles. The molecule has 0 aliphatic carbocycles. The van der Waals surface area contributed by atoms with E-state index >= 15 is 0 Å². The molecule has 1 fully saturated rings. The number of aromatic nitrogens is 2. The lowest BCUT2D eigenvalue weighted by Gasteiger charge is -2.32. The van der Waals surface area contributed by atoms with E-state index in [9.17, 15) is 41.6 Å². The van der Waals surface area contributed by atoms with E-state index in [0.717, 1.165) is 0 Å². The predicted molar refractivity (Wildman–Crippen MR) is 157 cm³/mol. The Balaban J connectivity index is 1.67. The van der Waals surface area contributed by atoms with Crippen LogP contribution in [0.3, 0.4) is 0 Å². The number of hydrogen-bond acceptors (Lipinski definition) is 9. The number of aliphatic hydroxyl groups is 1. The number of carbonyl (C=O) groups is 1. The molecule has 1 saturated heterocycles. The molecule has 0 unspecified atom stereocenters. The zero-order chi connectivity index (χ0) is 33.8. The van der Waals surface area contributed by atoms with Gasteiger partial charge in [0, 0.05) is 11.8 Å². The van der Waals surface area contributed by atoms with Gasteiger partial charge in [-0.1, -0.05) is 63.1 Å². The van der Waals surface area contributed by atoms with E-state index < -0.39 is 74.0 Å². The number of alkyl halides is 3. The quantitative estimate of drug-likeness (QED) is 0.133. The number of nitrogens with zero attached hydrogens (tertiary/aromatic N) is 1. The second-order valence-electron chi connectivity index (χ2n) is 10.8. The molecule has 0 radical (unpaired) electrons. The van der Waals surface area contributed by atoms with Gasteiger partial charge in [-0.15, -0.1) is 0 Å². The van der Waals surface area contributed by atoms with Gasteiger partial charge in [-0.25, -0.2) is 9.36 Å². The fraction of sp³-hybridized carbons (Fsp3) is 0.483. The summed E-state index contributed by atoms with van der Waals surface area (Å²) in [5, 5.41) is 13.8. The molecular formula is C29H34F4N3O9P. The van der Waals surface area contributed by atoms with Gasteiger partial charge in [0.15, 0.2) is 6.10 Å². The average Bonchev–Trinajstić information content (AvgIpc) is 3.38. The summed E-state index contributed by atoms with van der Waals surface area (Å²) in [4.78, 5) is 38.1. The van der Waals surface area contributed by atoms with Gasteiger partial charge in [0.05, 0.1) is 18.9 Å². The van der Waals surface area contributed by atoms with Crippen LogP contribution in [0.1, 0.15) is 46.3 Å². The van der Waals surface area contributed by atoms with Gasteiger partial charge in [-0.3, -0.25) is 23.7 Å². The lowest BCUT2D eigenvalue weighted by atomic mass is 10.1. The van der Waals surface area contributed by atoms with Crippen molar-refractivity contribution < 1.29 is 50.5 Å². The number of esters is 1. The van der Waals surface area contributed by atoms with Gasteiger partial charge < -0.3 is 19.1 Å². The highest BCUT2D eigenvalue weighted by molar-refractivity contribution is 7.52. The number of hydrogen-bond donors (Lipinski definition) is 3. The first kappa shape index (κ1) is 35.3. The summed E-state index contributed by atoms with van der Waals surface area (Å²) < 4.78 is 93.7. The predicted octanol–water partition coefficient (Wildman–Crippen LogP) is 4.57. The monoisotopic (exact) mass is 675 g/mol. The molecule has 0 spiro atoms. The van der Waals surface area contributed by atoms with E-state index in [4.69, 9.17) is 18.5 Å². The largest absolute Gasteiger partial charge is 0.464 e. The Morgan fingerprint density at radius 2 is 1.85 bits per heavy atom. The highest BCUT2D eigenvalue weighted by Gasteiger charge is 2.56. The minimum Gasteiger partial charge on any atom is -0.464 e. The molecule has 0 amide bonds. The van der Waals surface area contributed by atoms with Gasteiger partial charge >= 0.3 is 25.6 Å². The molecule has 6 atom stereocenters. The molecule has 252 valence electrons. The molecule has 1 aliphatic rings. The molecule has 2 aromatic carbocycles. The maximum absolute atomic E-state index is 14.6. The molecule has 2 heterocycles. The first-order valence-electron chi connectivity index (χ1n) is 14.5. The maximum Gasteiger partial charge on any atom is 0.460 e. The summed E-state index contributed by atoms with van der Waals surface area (Å²) in [6.45, 7) is 5.02. The highest BCUT2D eigenvalue weighted by atomic mass is 31.2. The topological polar surface area (TPSA) is 158 Å². The van der Waals surface area contributed by atoms with Crippen LogP contribution in [-0.4, -0.2) is 57.8 Å². The van der Waals surface area contributed by atoms with Crippen molar-refractivity contribution in [1.29, 1.82) is 0 Å². The number of ether oxygens (including phenoxy) is 2. The van der Waals surface area contributed by atoms with Crippen LogP contribution in [0.15, 0.2) is 58.3 Å². The Morgan fingerprint density at radius 3 is 2.52 bits per heavy atom. The zero-order valence-electron chi connectivity index (χ0n) is 25.0. The van der Waals surface area contributed by atoms with E-state index in [1.807, 2.05) is 13.8 Å². The Morgan fingerprint density at radius 1 is 1.17 bits per heavy atom. The van der Waals surface area contributed by atoms with Crippen molar-refractivity contribution >= 4 is 24.5 Å². The lowest BCUT2D eigenvalue weighted by molar-refractivity contribution is -0.237. The summed E-state index contributed by atoms with van der Waals surface area (Å²) in [5.74, 6) is -2.48. The summed E-state index contributed by atoms with van der Waals surface area (Å²) in [7, 11) is -5.20. The lowest BCUT2D eigenvalue weighted by Crippen LogP contribution is -2.48. The average molecular weight is 676 g/mol. The Kier molecular flexibility index (Phi) is 11.1. The number of aliphatic hydroxyl groups excluding tert-OH is 1. The van der Waals surface area contributed by atoms with Crippen molar-refractivity contribution in [3.8, 4) is 5.75 Å². The second-order valence-corrected chi connectivity index (χ2v) is 12.4. The third kappa shape index (κ3) is 8.23. The summed E-state index contributed by atoms with van der Waals surface area (Å²) in [6, 6.07) is 9.61. The summed E-state index contributed by atoms with van der Waals surface area (Å²) in [6.07, 6.45) is -13.3. The second kappa shape index (κ2) is 14.5. The summed E-state index contributed by atoms with van der Waals surface area (Å²) in [5.41, 5.74) is -2.57. The number of halogens is 4. The number of carbonyl (C=O) groups excluding carboxylic acids is 1. The van der Waals surface area contributed by atoms with E-state index in [1.165, 1.54) is 19.1 Å². The van der Waals surface area contributed by atoms with Crippen molar-refractivity contribution in [3.63, 3.8) is 0 Å². The molecule has 4 rings (SSSR count). The maximum atomic E-state index is 14.6. The van der Waals surface area contributed by atoms with Crippen LogP contribution in [0.4, 0.5) is 17.6 Å². The van der Waals surface area contributed by atoms with Crippen molar-refractivity contribution in [3.05, 3.63) is 75.3 Å². The Bertz CT molecular complexity index is 1690. The minimum atomic E-state index is -5.36. The number of fused-ring (bicyclic) bond motifs is 1. The molecule has 0 bridgehead atoms. The Hall–Kier alpha value is -3.56. The number of aromatic amines is 1. The smallest absolute Gasteiger partial charge is 0.460 e. The first-order chi connectivity index (χ1) is 21.7. The fourth-order valence-electron chi connectivity index (χ4n) is 4.87. The van der Waals surface area contributed by atoms with Crippen molar-refractivity contribution in [2.75, 3.05) is 6.61 Å². The van der Waals surface area contributed by atoms with Crippen LogP contribution in [0.25, 0.3) is 10.8 Å². The minimum absolute atomic E-state index is 0.0204. The molecule has 46 heavy (non-hydrogen) atoms. The van der Waals surface area contributed by atoms with Crippen LogP contribution in [0.5, 0.6) is 5.75 Å². The normalized spacial score (nSPS) is 21.2. The van der Waals surface area contributed by atoms with Gasteiger partial charge in [-0.2, -0.15) is 22.6 Å². The molecule has 3 aromatic rings. The number of benzene rings is 2. The fourth-order valence-corrected chi connectivity index (χ4v) is 6.57. The van der Waals surface area contributed by atoms with E-state index in [2.05, 4.69) is 5.09 Å². The molecular weight excluding hydrogens is 641 g/mol. The third-order valence-electron chi connectivity index (χ3n) is 7.53. The van der Waals surface area contributed by atoms with Gasteiger partial charge in [0.1, 0.15) is 24.1 Å². The van der Waals surface area contributed by atoms with Gasteiger partial charge in [-0.05, 0) is 24.3 Å². The van der Waals surface area contributed by atoms with Crippen LogP contribution in [-0.2, 0) is 23.4 Å². The SMILES string of the molecule is CCC(CC)COC(=O)[C@H](C)N[P@@](=O)(Oc1cccc2ccccc12)O[C@@H]([C@H]1O[C@@H](n2cc(F)c(=O)[nH]c2=O)C[C@@H]1O)C(F)(F)F. The number of nitrogens with one attached hydrogen (secondary N) is 2. The molecule has 3 N–H and O–H groups in total. The van der Waals surface area contributed by atoms with Crippen LogP contribution < -0.4 is 20.9 Å². The number of rotatable bonds is 13. The van der Waals surface area contributed by atoms with Gasteiger partial charge in [0.25, 0.3) is 5.56 Å².